The number of benzene rings is 1. The van der Waals surface area contributed by atoms with Crippen LogP contribution in [-0.4, -0.2) is 28.7 Å². The fourth-order valence-electron chi connectivity index (χ4n) is 2.00. The highest BCUT2D eigenvalue weighted by Crippen LogP contribution is 2.31. The Morgan fingerprint density at radius 3 is 2.62 bits per heavy atom. The summed E-state index contributed by atoms with van der Waals surface area (Å²) < 4.78 is 5.05. The van der Waals surface area contributed by atoms with Crippen molar-refractivity contribution >= 4 is 5.82 Å². The van der Waals surface area contributed by atoms with E-state index >= 15 is 0 Å². The van der Waals surface area contributed by atoms with Crippen LogP contribution in [0.4, 0.5) is 5.82 Å². The van der Waals surface area contributed by atoms with Crippen molar-refractivity contribution in [2.24, 2.45) is 0 Å². The zero-order chi connectivity index (χ0) is 15.4. The number of nitrogens with one attached hydrogen (secondary N) is 1. The molecule has 0 spiro atoms. The normalized spacial score (nSPS) is 10.5. The average molecular weight is 287 g/mol. The summed E-state index contributed by atoms with van der Waals surface area (Å²) in [6.45, 7) is 6.94. The molecule has 2 rings (SSSR count). The molecule has 2 N–H and O–H groups in total. The number of phenolic OH excluding ortho intramolecular Hbond substituents is 1. The molecule has 0 saturated heterocycles. The SMILES string of the molecule is CCCNc1nc(-c2ccc(OC)c(O)c2)nc(C)c1C. The molecule has 5 heteroatoms. The van der Waals surface area contributed by atoms with E-state index in [2.05, 4.69) is 22.2 Å². The maximum absolute atomic E-state index is 9.89. The van der Waals surface area contributed by atoms with Crippen LogP contribution in [0.3, 0.4) is 0 Å². The van der Waals surface area contributed by atoms with Gasteiger partial charge in [0.05, 0.1) is 7.11 Å². The Kier molecular flexibility index (Phi) is 4.62. The van der Waals surface area contributed by atoms with Crippen LogP contribution in [0.1, 0.15) is 24.6 Å². The molecule has 2 aromatic rings. The van der Waals surface area contributed by atoms with Crippen molar-refractivity contribution in [2.75, 3.05) is 19.0 Å². The van der Waals surface area contributed by atoms with Gasteiger partial charge in [-0.3, -0.25) is 0 Å². The van der Waals surface area contributed by atoms with Gasteiger partial charge in [-0.2, -0.15) is 0 Å². The smallest absolute Gasteiger partial charge is 0.161 e. The number of methoxy groups -OCH3 is 1. The molecule has 1 aromatic heterocycles. The molecule has 0 radical (unpaired) electrons. The predicted molar refractivity (Wildman–Crippen MR) is 83.9 cm³/mol. The van der Waals surface area contributed by atoms with E-state index in [0.29, 0.717) is 11.6 Å². The molecule has 0 saturated carbocycles. The Hall–Kier alpha value is -2.30. The molecule has 0 aliphatic rings. The lowest BCUT2D eigenvalue weighted by Crippen LogP contribution is -2.07. The molecule has 1 heterocycles. The van der Waals surface area contributed by atoms with Crippen molar-refractivity contribution < 1.29 is 9.84 Å². The van der Waals surface area contributed by atoms with Gasteiger partial charge < -0.3 is 15.2 Å². The van der Waals surface area contributed by atoms with Gasteiger partial charge in [0.1, 0.15) is 5.82 Å². The number of aryl methyl sites for hydroxylation is 1. The van der Waals surface area contributed by atoms with Crippen LogP contribution >= 0.6 is 0 Å². The van der Waals surface area contributed by atoms with Gasteiger partial charge in [0, 0.05) is 23.4 Å². The first-order valence-corrected chi connectivity index (χ1v) is 7.03. The number of aromatic nitrogens is 2. The van der Waals surface area contributed by atoms with E-state index in [1.54, 1.807) is 12.1 Å². The molecule has 0 bridgehead atoms. The lowest BCUT2D eigenvalue weighted by atomic mass is 10.1. The van der Waals surface area contributed by atoms with Crippen LogP contribution in [0.2, 0.25) is 0 Å². The first-order valence-electron chi connectivity index (χ1n) is 7.03. The molecule has 0 aliphatic carbocycles. The Morgan fingerprint density at radius 1 is 1.24 bits per heavy atom. The largest absolute Gasteiger partial charge is 0.504 e. The van der Waals surface area contributed by atoms with Crippen LogP contribution < -0.4 is 10.1 Å². The van der Waals surface area contributed by atoms with Gasteiger partial charge in [-0.05, 0) is 38.5 Å². The average Bonchev–Trinajstić information content (AvgIpc) is 2.48. The second-order valence-corrected chi connectivity index (χ2v) is 4.92. The minimum absolute atomic E-state index is 0.0832. The molecule has 21 heavy (non-hydrogen) atoms. The summed E-state index contributed by atoms with van der Waals surface area (Å²) in [5.41, 5.74) is 2.73. The fraction of sp³-hybridized carbons (Fsp3) is 0.375. The van der Waals surface area contributed by atoms with Crippen LogP contribution in [0.25, 0.3) is 11.4 Å². The standard InChI is InChI=1S/C16H21N3O2/c1-5-8-17-15-10(2)11(3)18-16(19-15)12-6-7-14(21-4)13(20)9-12/h6-7,9,20H,5,8H2,1-4H3,(H,17,18,19). The summed E-state index contributed by atoms with van der Waals surface area (Å²) in [7, 11) is 1.52. The number of anilines is 1. The second kappa shape index (κ2) is 6.43. The summed E-state index contributed by atoms with van der Waals surface area (Å²) >= 11 is 0. The number of phenols is 1. The molecule has 5 nitrogen and oxygen atoms in total. The molecule has 1 aromatic carbocycles. The van der Waals surface area contributed by atoms with Crippen molar-refractivity contribution in [3.8, 4) is 22.9 Å². The molecule has 0 fully saturated rings. The Labute approximate surface area is 125 Å². The van der Waals surface area contributed by atoms with Crippen LogP contribution in [0.15, 0.2) is 18.2 Å². The summed E-state index contributed by atoms with van der Waals surface area (Å²) in [4.78, 5) is 9.07. The quantitative estimate of drug-likeness (QED) is 0.883. The monoisotopic (exact) mass is 287 g/mol. The first kappa shape index (κ1) is 15.1. The van der Waals surface area contributed by atoms with Crippen molar-refractivity contribution in [2.45, 2.75) is 27.2 Å². The lowest BCUT2D eigenvalue weighted by molar-refractivity contribution is 0.373. The third-order valence-corrected chi connectivity index (χ3v) is 3.37. The van der Waals surface area contributed by atoms with Gasteiger partial charge in [0.2, 0.25) is 0 Å². The van der Waals surface area contributed by atoms with E-state index in [0.717, 1.165) is 35.6 Å². The molecular formula is C16H21N3O2. The number of hydrogen-bond acceptors (Lipinski definition) is 5. The highest BCUT2D eigenvalue weighted by Gasteiger charge is 2.11. The molecule has 0 aliphatic heterocycles. The zero-order valence-electron chi connectivity index (χ0n) is 12.9. The summed E-state index contributed by atoms with van der Waals surface area (Å²) in [6.07, 6.45) is 1.03. The third kappa shape index (κ3) is 3.24. The van der Waals surface area contributed by atoms with Gasteiger partial charge in [0.25, 0.3) is 0 Å². The van der Waals surface area contributed by atoms with Gasteiger partial charge >= 0.3 is 0 Å². The highest BCUT2D eigenvalue weighted by atomic mass is 16.5. The molecule has 0 atom stereocenters. The van der Waals surface area contributed by atoms with E-state index in [-0.39, 0.29) is 5.75 Å². The Morgan fingerprint density at radius 2 is 2.00 bits per heavy atom. The van der Waals surface area contributed by atoms with Gasteiger partial charge in [-0.15, -0.1) is 0 Å². The van der Waals surface area contributed by atoms with Gasteiger partial charge in [0.15, 0.2) is 17.3 Å². The second-order valence-electron chi connectivity index (χ2n) is 4.92. The van der Waals surface area contributed by atoms with Gasteiger partial charge in [-0.25, -0.2) is 9.97 Å². The summed E-state index contributed by atoms with van der Waals surface area (Å²) in [5, 5.41) is 13.2. The minimum Gasteiger partial charge on any atom is -0.504 e. The molecule has 0 unspecified atom stereocenters. The van der Waals surface area contributed by atoms with E-state index in [1.807, 2.05) is 19.9 Å². The molecule has 0 amide bonds. The van der Waals surface area contributed by atoms with Crippen molar-refractivity contribution in [1.82, 2.24) is 9.97 Å². The number of hydrogen-bond donors (Lipinski definition) is 2. The Balaban J connectivity index is 2.43. The van der Waals surface area contributed by atoms with E-state index in [9.17, 15) is 5.11 Å². The third-order valence-electron chi connectivity index (χ3n) is 3.37. The van der Waals surface area contributed by atoms with Crippen molar-refractivity contribution in [3.63, 3.8) is 0 Å². The van der Waals surface area contributed by atoms with Crippen LogP contribution in [0.5, 0.6) is 11.5 Å². The van der Waals surface area contributed by atoms with E-state index in [1.165, 1.54) is 7.11 Å². The topological polar surface area (TPSA) is 67.3 Å². The summed E-state index contributed by atoms with van der Waals surface area (Å²) in [6, 6.07) is 5.17. The maximum Gasteiger partial charge on any atom is 0.161 e. The van der Waals surface area contributed by atoms with E-state index < -0.39 is 0 Å². The lowest BCUT2D eigenvalue weighted by Gasteiger charge is -2.12. The highest BCUT2D eigenvalue weighted by molar-refractivity contribution is 5.63. The minimum atomic E-state index is 0.0832. The zero-order valence-corrected chi connectivity index (χ0v) is 12.9. The summed E-state index contributed by atoms with van der Waals surface area (Å²) in [5.74, 6) is 1.95. The van der Waals surface area contributed by atoms with Crippen LogP contribution in [-0.2, 0) is 0 Å². The number of aromatic hydroxyl groups is 1. The van der Waals surface area contributed by atoms with E-state index in [4.69, 9.17) is 4.74 Å². The van der Waals surface area contributed by atoms with Crippen LogP contribution in [0, 0.1) is 13.8 Å². The predicted octanol–water partition coefficient (Wildman–Crippen LogP) is 3.30. The molecule has 112 valence electrons. The maximum atomic E-state index is 9.89. The Bertz CT molecular complexity index is 642. The number of ether oxygens (including phenoxy) is 1. The van der Waals surface area contributed by atoms with Gasteiger partial charge in [-0.1, -0.05) is 6.92 Å². The molecular weight excluding hydrogens is 266 g/mol. The first-order chi connectivity index (χ1) is 10.1. The fourth-order valence-corrected chi connectivity index (χ4v) is 2.00. The van der Waals surface area contributed by atoms with Crippen molar-refractivity contribution in [3.05, 3.63) is 29.5 Å². The van der Waals surface area contributed by atoms with Crippen molar-refractivity contribution in [1.29, 1.82) is 0 Å². The number of rotatable bonds is 5. The number of nitrogens with zero attached hydrogens (tertiary/aromatic N) is 2.